The van der Waals surface area contributed by atoms with Crippen LogP contribution < -0.4 is 5.32 Å². The van der Waals surface area contributed by atoms with Crippen molar-refractivity contribution in [1.29, 1.82) is 0 Å². The summed E-state index contributed by atoms with van der Waals surface area (Å²) in [5.74, 6) is 0. The highest BCUT2D eigenvalue weighted by Crippen LogP contribution is 2.31. The number of hydrogen-bond acceptors (Lipinski definition) is 2. The summed E-state index contributed by atoms with van der Waals surface area (Å²) in [4.78, 5) is 2.31. The molecule has 0 aliphatic carbocycles. The number of piperidine rings is 1. The van der Waals surface area contributed by atoms with Crippen LogP contribution in [0, 0.1) is 0 Å². The molecular formula is C14H25F3N2. The summed E-state index contributed by atoms with van der Waals surface area (Å²) in [5, 5.41) is 3.60. The fourth-order valence-corrected chi connectivity index (χ4v) is 3.52. The van der Waals surface area contributed by atoms with Crippen molar-refractivity contribution in [2.24, 2.45) is 0 Å². The molecule has 2 bridgehead atoms. The lowest BCUT2D eigenvalue weighted by Crippen LogP contribution is -2.49. The number of nitrogens with zero attached hydrogens (tertiary/aromatic N) is 1. The van der Waals surface area contributed by atoms with E-state index in [2.05, 4.69) is 24.2 Å². The molecule has 2 aliphatic rings. The van der Waals surface area contributed by atoms with Gasteiger partial charge in [-0.1, -0.05) is 0 Å². The highest BCUT2D eigenvalue weighted by Gasteiger charge is 2.36. The van der Waals surface area contributed by atoms with Gasteiger partial charge in [0.25, 0.3) is 0 Å². The molecule has 2 nitrogen and oxygen atoms in total. The van der Waals surface area contributed by atoms with Crippen LogP contribution >= 0.6 is 0 Å². The number of fused-ring (bicyclic) bond motifs is 2. The van der Waals surface area contributed by atoms with Gasteiger partial charge in [-0.25, -0.2) is 0 Å². The van der Waals surface area contributed by atoms with Crippen molar-refractivity contribution in [2.45, 2.75) is 82.2 Å². The van der Waals surface area contributed by atoms with Crippen LogP contribution in [0.3, 0.4) is 0 Å². The van der Waals surface area contributed by atoms with E-state index in [1.807, 2.05) is 0 Å². The summed E-state index contributed by atoms with van der Waals surface area (Å²) < 4.78 is 36.5. The van der Waals surface area contributed by atoms with Gasteiger partial charge in [-0.3, -0.25) is 0 Å². The zero-order chi connectivity index (χ0) is 14.0. The summed E-state index contributed by atoms with van der Waals surface area (Å²) in [5.41, 5.74) is 0. The maximum absolute atomic E-state index is 12.2. The van der Waals surface area contributed by atoms with E-state index >= 15 is 0 Å². The lowest BCUT2D eigenvalue weighted by molar-refractivity contribution is -0.136. The predicted molar refractivity (Wildman–Crippen MR) is 70.1 cm³/mol. The number of rotatable bonds is 5. The van der Waals surface area contributed by atoms with Gasteiger partial charge in [-0.15, -0.1) is 0 Å². The average Bonchev–Trinajstić information content (AvgIpc) is 2.65. The summed E-state index contributed by atoms with van der Waals surface area (Å²) >= 11 is 0. The zero-order valence-electron chi connectivity index (χ0n) is 11.8. The van der Waals surface area contributed by atoms with E-state index in [9.17, 15) is 13.2 Å². The SMILES string of the molecule is CC(CCCC(F)(F)F)N(C)C1CC2CCC(C1)N2. The largest absolute Gasteiger partial charge is 0.389 e. The quantitative estimate of drug-likeness (QED) is 0.830. The Balaban J connectivity index is 1.74. The van der Waals surface area contributed by atoms with Crippen molar-refractivity contribution in [3.63, 3.8) is 0 Å². The van der Waals surface area contributed by atoms with E-state index in [1.54, 1.807) is 0 Å². The van der Waals surface area contributed by atoms with E-state index in [4.69, 9.17) is 0 Å². The predicted octanol–water partition coefficient (Wildman–Crippen LogP) is 3.32. The van der Waals surface area contributed by atoms with Crippen LogP contribution in [0.25, 0.3) is 0 Å². The van der Waals surface area contributed by atoms with Crippen molar-refractivity contribution in [3.8, 4) is 0 Å². The van der Waals surface area contributed by atoms with Crippen molar-refractivity contribution < 1.29 is 13.2 Å². The number of halogens is 3. The van der Waals surface area contributed by atoms with Gasteiger partial charge in [0.2, 0.25) is 0 Å². The number of nitrogens with one attached hydrogen (secondary N) is 1. The van der Waals surface area contributed by atoms with Gasteiger partial charge in [0, 0.05) is 30.6 Å². The standard InChI is InChI=1S/C14H25F3N2/c1-10(4-3-7-14(15,16)17)19(2)13-8-11-5-6-12(9-13)18-11/h10-13,18H,3-9H2,1-2H3. The Morgan fingerprint density at radius 1 is 1.21 bits per heavy atom. The molecule has 0 radical (unpaired) electrons. The van der Waals surface area contributed by atoms with E-state index in [-0.39, 0.29) is 12.5 Å². The summed E-state index contributed by atoms with van der Waals surface area (Å²) in [7, 11) is 2.08. The average molecular weight is 278 g/mol. The van der Waals surface area contributed by atoms with Gasteiger partial charge in [0.15, 0.2) is 0 Å². The Kier molecular flexibility index (Phi) is 4.77. The van der Waals surface area contributed by atoms with Crippen LogP contribution in [0.4, 0.5) is 13.2 Å². The van der Waals surface area contributed by atoms with Crippen LogP contribution in [0.15, 0.2) is 0 Å². The van der Waals surface area contributed by atoms with Gasteiger partial charge in [-0.05, 0) is 52.5 Å². The molecular weight excluding hydrogens is 253 g/mol. The topological polar surface area (TPSA) is 15.3 Å². The second-order valence-electron chi connectivity index (χ2n) is 6.28. The fraction of sp³-hybridized carbons (Fsp3) is 1.00. The molecule has 0 aromatic carbocycles. The van der Waals surface area contributed by atoms with Gasteiger partial charge in [-0.2, -0.15) is 13.2 Å². The molecule has 2 fully saturated rings. The third-order valence-corrected chi connectivity index (χ3v) is 4.80. The molecule has 2 heterocycles. The molecule has 3 atom stereocenters. The molecule has 5 heteroatoms. The molecule has 3 unspecified atom stereocenters. The first-order chi connectivity index (χ1) is 8.85. The molecule has 2 rings (SSSR count). The van der Waals surface area contributed by atoms with Crippen LogP contribution in [0.1, 0.15) is 51.9 Å². The molecule has 0 aromatic heterocycles. The minimum absolute atomic E-state index is 0.241. The zero-order valence-corrected chi connectivity index (χ0v) is 11.8. The lowest BCUT2D eigenvalue weighted by Gasteiger charge is -2.39. The molecule has 0 aromatic rings. The Hall–Kier alpha value is -0.290. The Morgan fingerprint density at radius 2 is 1.79 bits per heavy atom. The van der Waals surface area contributed by atoms with Crippen LogP contribution in [0.2, 0.25) is 0 Å². The fourth-order valence-electron chi connectivity index (χ4n) is 3.52. The summed E-state index contributed by atoms with van der Waals surface area (Å²) in [6.45, 7) is 2.06. The first-order valence-corrected chi connectivity index (χ1v) is 7.40. The highest BCUT2D eigenvalue weighted by molar-refractivity contribution is 4.95. The van der Waals surface area contributed by atoms with Gasteiger partial charge >= 0.3 is 6.18 Å². The Bertz CT molecular complexity index is 281. The van der Waals surface area contributed by atoms with E-state index in [0.717, 1.165) is 12.8 Å². The van der Waals surface area contributed by atoms with E-state index in [0.29, 0.717) is 24.5 Å². The smallest absolute Gasteiger partial charge is 0.311 e. The number of alkyl halides is 3. The molecule has 0 saturated carbocycles. The monoisotopic (exact) mass is 278 g/mol. The highest BCUT2D eigenvalue weighted by atomic mass is 19.4. The van der Waals surface area contributed by atoms with Gasteiger partial charge in [0.05, 0.1) is 0 Å². The molecule has 1 N–H and O–H groups in total. The van der Waals surface area contributed by atoms with Gasteiger partial charge < -0.3 is 10.2 Å². The lowest BCUT2D eigenvalue weighted by atomic mass is 9.96. The molecule has 2 saturated heterocycles. The maximum Gasteiger partial charge on any atom is 0.389 e. The molecule has 19 heavy (non-hydrogen) atoms. The third-order valence-electron chi connectivity index (χ3n) is 4.80. The van der Waals surface area contributed by atoms with Crippen molar-refractivity contribution in [1.82, 2.24) is 10.2 Å². The van der Waals surface area contributed by atoms with Crippen LogP contribution in [-0.2, 0) is 0 Å². The van der Waals surface area contributed by atoms with Gasteiger partial charge in [0.1, 0.15) is 0 Å². The molecule has 2 aliphatic heterocycles. The molecule has 0 spiro atoms. The first kappa shape index (κ1) is 15.1. The second kappa shape index (κ2) is 6.00. The van der Waals surface area contributed by atoms with E-state index in [1.165, 1.54) is 12.8 Å². The van der Waals surface area contributed by atoms with Crippen molar-refractivity contribution >= 4 is 0 Å². The first-order valence-electron chi connectivity index (χ1n) is 7.40. The number of hydrogen-bond donors (Lipinski definition) is 1. The summed E-state index contributed by atoms with van der Waals surface area (Å²) in [6.07, 6.45) is 1.04. The Labute approximate surface area is 113 Å². The molecule has 112 valence electrons. The summed E-state index contributed by atoms with van der Waals surface area (Å²) in [6, 6.07) is 2.05. The minimum atomic E-state index is -4.01. The molecule has 0 amide bonds. The minimum Gasteiger partial charge on any atom is -0.311 e. The van der Waals surface area contributed by atoms with Crippen molar-refractivity contribution in [2.75, 3.05) is 7.05 Å². The maximum atomic E-state index is 12.2. The normalized spacial score (nSPS) is 32.8. The third kappa shape index (κ3) is 4.35. The van der Waals surface area contributed by atoms with E-state index < -0.39 is 12.6 Å². The van der Waals surface area contributed by atoms with Crippen LogP contribution in [0.5, 0.6) is 0 Å². The van der Waals surface area contributed by atoms with Crippen LogP contribution in [-0.4, -0.2) is 42.3 Å². The Morgan fingerprint density at radius 3 is 2.32 bits per heavy atom. The second-order valence-corrected chi connectivity index (χ2v) is 6.28. The van der Waals surface area contributed by atoms with Crippen molar-refractivity contribution in [3.05, 3.63) is 0 Å².